The van der Waals surface area contributed by atoms with E-state index in [-0.39, 0.29) is 0 Å². The summed E-state index contributed by atoms with van der Waals surface area (Å²) in [5.74, 6) is 0. The molecule has 0 radical (unpaired) electrons. The Morgan fingerprint density at radius 3 is 0.900 bits per heavy atom. The van der Waals surface area contributed by atoms with Crippen molar-refractivity contribution in [2.24, 2.45) is 10.6 Å². The van der Waals surface area contributed by atoms with E-state index in [2.05, 4.69) is 0 Å². The Morgan fingerprint density at radius 1 is 0.600 bits per heavy atom. The highest BCUT2D eigenvalue weighted by Crippen LogP contribution is 2.15. The van der Waals surface area contributed by atoms with Gasteiger partial charge in [0.25, 0.3) is 0 Å². The SMILES string of the molecule is C1CCCCC1.ON=NO. The molecule has 0 heterocycles. The Bertz CT molecular complexity index is 66.3. The topological polar surface area (TPSA) is 65.2 Å². The normalized spacial score (nSPS) is 18.0. The van der Waals surface area contributed by atoms with Crippen LogP contribution in [0.5, 0.6) is 0 Å². The third-order valence-electron chi connectivity index (χ3n) is 1.54. The molecule has 60 valence electrons. The maximum Gasteiger partial charge on any atom is 0.0606 e. The fourth-order valence-corrected chi connectivity index (χ4v) is 1.06. The van der Waals surface area contributed by atoms with Crippen molar-refractivity contribution < 1.29 is 10.4 Å². The van der Waals surface area contributed by atoms with Gasteiger partial charge in [0.2, 0.25) is 0 Å². The van der Waals surface area contributed by atoms with Crippen LogP contribution in [-0.2, 0) is 0 Å². The first-order chi connectivity index (χ1) is 4.91. The van der Waals surface area contributed by atoms with Crippen molar-refractivity contribution in [3.8, 4) is 0 Å². The fourth-order valence-electron chi connectivity index (χ4n) is 1.06. The monoisotopic (exact) mass is 146 g/mol. The molecule has 4 heteroatoms. The zero-order valence-corrected chi connectivity index (χ0v) is 6.03. The molecule has 0 aromatic rings. The quantitative estimate of drug-likeness (QED) is 0.407. The molecule has 4 nitrogen and oxygen atoms in total. The second kappa shape index (κ2) is 8.20. The van der Waals surface area contributed by atoms with Gasteiger partial charge in [-0.05, 0) is 0 Å². The standard InChI is InChI=1S/C6H12.H2N2O2/c1-2-4-6-5-3-1;3-1-2-4/h1-6H2;(H,1,4)(H,2,3). The molecule has 1 aliphatic rings. The van der Waals surface area contributed by atoms with E-state index in [4.69, 9.17) is 10.4 Å². The third-order valence-corrected chi connectivity index (χ3v) is 1.54. The Labute approximate surface area is 60.5 Å². The van der Waals surface area contributed by atoms with Crippen molar-refractivity contribution >= 4 is 0 Å². The molecule has 0 atom stereocenters. The fraction of sp³-hybridized carbons (Fsp3) is 1.00. The lowest BCUT2D eigenvalue weighted by Gasteiger charge is -2.05. The minimum Gasteiger partial charge on any atom is -0.392 e. The predicted octanol–water partition coefficient (Wildman–Crippen LogP) is 2.56. The van der Waals surface area contributed by atoms with E-state index < -0.39 is 0 Å². The molecule has 1 saturated carbocycles. The van der Waals surface area contributed by atoms with Crippen LogP contribution in [0, 0.1) is 0 Å². The van der Waals surface area contributed by atoms with E-state index in [0.717, 1.165) is 0 Å². The predicted molar refractivity (Wildman–Crippen MR) is 36.1 cm³/mol. The summed E-state index contributed by atoms with van der Waals surface area (Å²) >= 11 is 0. The summed E-state index contributed by atoms with van der Waals surface area (Å²) in [6, 6.07) is 0. The molecule has 0 amide bonds. The van der Waals surface area contributed by atoms with Crippen molar-refractivity contribution in [2.75, 3.05) is 0 Å². The Morgan fingerprint density at radius 2 is 0.800 bits per heavy atom. The average molecular weight is 146 g/mol. The van der Waals surface area contributed by atoms with E-state index >= 15 is 0 Å². The summed E-state index contributed by atoms with van der Waals surface area (Å²) in [4.78, 5) is 0. The average Bonchev–Trinajstić information content (AvgIpc) is 2.08. The molecular weight excluding hydrogens is 132 g/mol. The lowest BCUT2D eigenvalue weighted by Crippen LogP contribution is -1.85. The lowest BCUT2D eigenvalue weighted by molar-refractivity contribution is 0.177. The van der Waals surface area contributed by atoms with Crippen LogP contribution in [0.2, 0.25) is 0 Å². The molecule has 2 N–H and O–H groups in total. The summed E-state index contributed by atoms with van der Waals surface area (Å²) in [6.45, 7) is 0. The van der Waals surface area contributed by atoms with Gasteiger partial charge in [0.15, 0.2) is 0 Å². The Hall–Kier alpha value is -0.800. The zero-order chi connectivity index (χ0) is 7.66. The van der Waals surface area contributed by atoms with Gasteiger partial charge in [-0.15, -0.1) is 0 Å². The van der Waals surface area contributed by atoms with E-state index in [1.54, 1.807) is 0 Å². The molecule has 0 spiro atoms. The summed E-state index contributed by atoms with van der Waals surface area (Å²) in [5.41, 5.74) is 0. The maximum absolute atomic E-state index is 7.08. The van der Waals surface area contributed by atoms with Gasteiger partial charge in [-0.3, -0.25) is 0 Å². The van der Waals surface area contributed by atoms with E-state index in [0.29, 0.717) is 0 Å². The van der Waals surface area contributed by atoms with Crippen molar-refractivity contribution in [1.82, 2.24) is 0 Å². The van der Waals surface area contributed by atoms with Gasteiger partial charge in [-0.2, -0.15) is 0 Å². The number of nitrogens with zero attached hydrogens (tertiary/aromatic N) is 2. The first-order valence-corrected chi connectivity index (χ1v) is 3.60. The molecule has 1 aliphatic carbocycles. The third kappa shape index (κ3) is 7.20. The van der Waals surface area contributed by atoms with Gasteiger partial charge >= 0.3 is 0 Å². The molecular formula is C6H14N2O2. The van der Waals surface area contributed by atoms with Crippen LogP contribution in [0.15, 0.2) is 10.6 Å². The first-order valence-electron chi connectivity index (χ1n) is 3.60. The molecule has 10 heavy (non-hydrogen) atoms. The van der Waals surface area contributed by atoms with Gasteiger partial charge in [0.1, 0.15) is 0 Å². The molecule has 0 bridgehead atoms. The van der Waals surface area contributed by atoms with Gasteiger partial charge in [0, 0.05) is 0 Å². The van der Waals surface area contributed by atoms with Gasteiger partial charge < -0.3 is 10.4 Å². The summed E-state index contributed by atoms with van der Waals surface area (Å²) in [7, 11) is 0. The van der Waals surface area contributed by atoms with Crippen LogP contribution in [0.4, 0.5) is 0 Å². The Balaban J connectivity index is 0.000000180. The molecule has 0 unspecified atom stereocenters. The van der Waals surface area contributed by atoms with Gasteiger partial charge in [-0.25, -0.2) is 0 Å². The molecule has 1 fully saturated rings. The largest absolute Gasteiger partial charge is 0.392 e. The van der Waals surface area contributed by atoms with Crippen LogP contribution in [0.25, 0.3) is 0 Å². The smallest absolute Gasteiger partial charge is 0.0606 e. The molecule has 0 aromatic heterocycles. The second-order valence-corrected chi connectivity index (χ2v) is 2.30. The highest BCUT2D eigenvalue weighted by atomic mass is 16.5. The zero-order valence-electron chi connectivity index (χ0n) is 6.03. The summed E-state index contributed by atoms with van der Waals surface area (Å²) in [6.07, 6.45) is 9.00. The van der Waals surface area contributed by atoms with Gasteiger partial charge in [0.05, 0.1) is 10.6 Å². The minimum atomic E-state index is 1.50. The van der Waals surface area contributed by atoms with Crippen LogP contribution in [-0.4, -0.2) is 10.4 Å². The number of hydrogen-bond acceptors (Lipinski definition) is 2. The van der Waals surface area contributed by atoms with Crippen LogP contribution >= 0.6 is 0 Å². The summed E-state index contributed by atoms with van der Waals surface area (Å²) < 4.78 is 0. The van der Waals surface area contributed by atoms with Crippen molar-refractivity contribution in [2.45, 2.75) is 38.5 Å². The van der Waals surface area contributed by atoms with Crippen molar-refractivity contribution in [3.63, 3.8) is 0 Å². The van der Waals surface area contributed by atoms with E-state index in [9.17, 15) is 0 Å². The first kappa shape index (κ1) is 9.20. The highest BCUT2D eigenvalue weighted by molar-refractivity contribution is 4.51. The van der Waals surface area contributed by atoms with Crippen molar-refractivity contribution in [3.05, 3.63) is 0 Å². The second-order valence-electron chi connectivity index (χ2n) is 2.30. The lowest BCUT2D eigenvalue weighted by atomic mass is 10.0. The Kier molecular flexibility index (Phi) is 7.54. The van der Waals surface area contributed by atoms with Crippen molar-refractivity contribution in [1.29, 1.82) is 0 Å². The number of rotatable bonds is 0. The minimum absolute atomic E-state index is 1.50. The van der Waals surface area contributed by atoms with Crippen LogP contribution in [0.1, 0.15) is 38.5 Å². The maximum atomic E-state index is 7.08. The molecule has 0 aliphatic heterocycles. The van der Waals surface area contributed by atoms with E-state index in [1.165, 1.54) is 38.5 Å². The van der Waals surface area contributed by atoms with E-state index in [1.807, 2.05) is 10.6 Å². The van der Waals surface area contributed by atoms with Crippen LogP contribution in [0.3, 0.4) is 0 Å². The molecule has 1 rings (SSSR count). The summed E-state index contributed by atoms with van der Waals surface area (Å²) in [5, 5.41) is 18.0. The van der Waals surface area contributed by atoms with Gasteiger partial charge in [-0.1, -0.05) is 38.5 Å². The highest BCUT2D eigenvalue weighted by Gasteiger charge is 1.95. The molecule has 0 saturated heterocycles. The molecule has 0 aromatic carbocycles. The van der Waals surface area contributed by atoms with Crippen LogP contribution < -0.4 is 0 Å². The number of hydrogen-bond donors (Lipinski definition) is 2.